The maximum atomic E-state index is 13.5. The van der Waals surface area contributed by atoms with E-state index in [9.17, 15) is 19.6 Å². The van der Waals surface area contributed by atoms with Crippen molar-refractivity contribution in [3.8, 4) is 17.6 Å². The van der Waals surface area contributed by atoms with Gasteiger partial charge in [0.15, 0.2) is 5.82 Å². The van der Waals surface area contributed by atoms with Crippen LogP contribution in [0.5, 0.6) is 11.5 Å². The van der Waals surface area contributed by atoms with E-state index in [1.807, 2.05) is 19.1 Å². The minimum atomic E-state index is -0.384. The van der Waals surface area contributed by atoms with Crippen molar-refractivity contribution in [3.05, 3.63) is 82.6 Å². The average Bonchev–Trinajstić information content (AvgIpc) is 3.87. The smallest absolute Gasteiger partial charge is 0.253 e. The molecular formula is C50H61ClN10O6. The predicted molar refractivity (Wildman–Crippen MR) is 258 cm³/mol. The van der Waals surface area contributed by atoms with Gasteiger partial charge in [-0.3, -0.25) is 14.4 Å². The second-order valence-corrected chi connectivity index (χ2v) is 19.5. The van der Waals surface area contributed by atoms with E-state index in [1.165, 1.54) is 0 Å². The molecular weight excluding hydrogens is 872 g/mol. The van der Waals surface area contributed by atoms with Crippen molar-refractivity contribution in [1.29, 1.82) is 5.26 Å². The number of aromatic nitrogens is 3. The summed E-state index contributed by atoms with van der Waals surface area (Å²) >= 11 is 6.25. The molecule has 0 bridgehead atoms. The molecule has 4 aromatic rings. The van der Waals surface area contributed by atoms with Gasteiger partial charge in [0.2, 0.25) is 11.9 Å². The number of pyridine rings is 1. The van der Waals surface area contributed by atoms with E-state index in [4.69, 9.17) is 30.8 Å². The minimum absolute atomic E-state index is 0.0457. The molecule has 67 heavy (non-hydrogen) atoms. The number of amides is 3. The van der Waals surface area contributed by atoms with Crippen LogP contribution in [-0.4, -0.2) is 103 Å². The molecule has 16 nitrogen and oxygen atoms in total. The van der Waals surface area contributed by atoms with Crippen molar-refractivity contribution in [3.63, 3.8) is 0 Å². The highest BCUT2D eigenvalue weighted by Crippen LogP contribution is 2.55. The van der Waals surface area contributed by atoms with Gasteiger partial charge < -0.3 is 44.9 Å². The van der Waals surface area contributed by atoms with Crippen molar-refractivity contribution in [2.24, 2.45) is 10.8 Å². The number of halogens is 1. The number of carbonyl (C=O) groups excluding carboxylic acids is 3. The molecule has 354 valence electrons. The maximum Gasteiger partial charge on any atom is 0.253 e. The number of anilines is 5. The fraction of sp³-hybridized carbons (Fsp3) is 0.500. The second-order valence-electron chi connectivity index (χ2n) is 19.1. The van der Waals surface area contributed by atoms with Gasteiger partial charge >= 0.3 is 0 Å². The van der Waals surface area contributed by atoms with E-state index in [0.29, 0.717) is 70.1 Å². The number of hydrogen-bond donors (Lipinski definition) is 3. The first-order valence-electron chi connectivity index (χ1n) is 23.3. The number of piperidine rings is 1. The Morgan fingerprint density at radius 1 is 0.940 bits per heavy atom. The summed E-state index contributed by atoms with van der Waals surface area (Å²) in [5.41, 5.74) is 1.85. The molecule has 1 saturated heterocycles. The summed E-state index contributed by atoms with van der Waals surface area (Å²) in [6.45, 7) is 12.5. The van der Waals surface area contributed by atoms with Gasteiger partial charge in [0.05, 0.1) is 47.9 Å². The molecule has 1 atom stereocenters. The molecule has 0 spiro atoms. The number of nitriles is 1. The van der Waals surface area contributed by atoms with Crippen molar-refractivity contribution in [2.45, 2.75) is 110 Å². The lowest BCUT2D eigenvalue weighted by molar-refractivity contribution is -0.164. The number of carbonyl (C=O) groups is 3. The molecule has 8 rings (SSSR count). The highest BCUT2D eigenvalue weighted by atomic mass is 35.5. The zero-order valence-electron chi connectivity index (χ0n) is 39.4. The Balaban J connectivity index is 0.780. The number of rotatable bonds is 15. The summed E-state index contributed by atoms with van der Waals surface area (Å²) < 4.78 is 18.2. The summed E-state index contributed by atoms with van der Waals surface area (Å²) in [7, 11) is 3.33. The van der Waals surface area contributed by atoms with E-state index in [-0.39, 0.29) is 58.9 Å². The Labute approximate surface area is 397 Å². The SMILES string of the molecule is CCC1C(=O)N(C)c2cnc(Nc3ccc(C(=O)NCCOC4CCN(c5ccc(C(=O)NC6C(C)(C)C(Oc7ccc(C#N)c(Cl)c7)C6(C)C)cn5)CC4)cc3OC)nc2N1C1CCCC1. The zero-order valence-corrected chi connectivity index (χ0v) is 40.2. The lowest BCUT2D eigenvalue weighted by Crippen LogP contribution is -2.74. The molecule has 2 aliphatic carbocycles. The number of nitrogens with zero attached hydrogens (tertiary/aromatic N) is 7. The van der Waals surface area contributed by atoms with Gasteiger partial charge in [0.25, 0.3) is 11.8 Å². The molecule has 17 heteroatoms. The molecule has 4 heterocycles. The van der Waals surface area contributed by atoms with E-state index >= 15 is 0 Å². The van der Waals surface area contributed by atoms with Crippen molar-refractivity contribution >= 4 is 58.3 Å². The van der Waals surface area contributed by atoms with E-state index in [1.54, 1.807) is 67.8 Å². The lowest BCUT2D eigenvalue weighted by atomic mass is 9.49. The molecule has 3 amide bonds. The van der Waals surface area contributed by atoms with Crippen molar-refractivity contribution in [2.75, 3.05) is 60.4 Å². The van der Waals surface area contributed by atoms with Gasteiger partial charge in [-0.25, -0.2) is 9.97 Å². The second kappa shape index (κ2) is 19.6. The molecule has 4 aliphatic rings. The first-order chi connectivity index (χ1) is 32.1. The summed E-state index contributed by atoms with van der Waals surface area (Å²) in [4.78, 5) is 60.2. The van der Waals surface area contributed by atoms with Crippen LogP contribution in [0.15, 0.2) is 60.9 Å². The fourth-order valence-corrected chi connectivity index (χ4v) is 11.0. The fourth-order valence-electron chi connectivity index (χ4n) is 10.8. The summed E-state index contributed by atoms with van der Waals surface area (Å²) in [5, 5.41) is 19.0. The number of benzene rings is 2. The van der Waals surface area contributed by atoms with Crippen LogP contribution >= 0.6 is 11.6 Å². The van der Waals surface area contributed by atoms with Gasteiger partial charge in [-0.05, 0) is 74.6 Å². The third-order valence-corrected chi connectivity index (χ3v) is 14.4. The molecule has 3 N–H and O–H groups in total. The van der Waals surface area contributed by atoms with Crippen LogP contribution in [0.3, 0.4) is 0 Å². The van der Waals surface area contributed by atoms with E-state index < -0.39 is 0 Å². The van der Waals surface area contributed by atoms with Crippen LogP contribution in [0.1, 0.15) is 106 Å². The van der Waals surface area contributed by atoms with E-state index in [0.717, 1.165) is 63.3 Å². The normalized spacial score (nSPS) is 21.2. The highest BCUT2D eigenvalue weighted by molar-refractivity contribution is 6.31. The van der Waals surface area contributed by atoms with Crippen LogP contribution < -0.4 is 40.1 Å². The van der Waals surface area contributed by atoms with Gasteiger partial charge in [-0.1, -0.05) is 59.1 Å². The van der Waals surface area contributed by atoms with Crippen molar-refractivity contribution < 1.29 is 28.6 Å². The van der Waals surface area contributed by atoms with Gasteiger partial charge in [0, 0.05) is 67.4 Å². The number of methoxy groups -OCH3 is 1. The monoisotopic (exact) mass is 932 g/mol. The topological polar surface area (TPSA) is 187 Å². The lowest BCUT2D eigenvalue weighted by Gasteiger charge is -2.63. The Kier molecular flexibility index (Phi) is 13.8. The molecule has 1 unspecified atom stereocenters. The average molecular weight is 934 g/mol. The Hall–Kier alpha value is -6.18. The Morgan fingerprint density at radius 2 is 1.67 bits per heavy atom. The highest BCUT2D eigenvalue weighted by Gasteiger charge is 2.64. The summed E-state index contributed by atoms with van der Waals surface area (Å²) in [6, 6.07) is 15.8. The number of nitrogens with one attached hydrogen (secondary N) is 3. The van der Waals surface area contributed by atoms with Gasteiger partial charge in [-0.2, -0.15) is 10.2 Å². The quantitative estimate of drug-likeness (QED) is 0.0987. The number of fused-ring (bicyclic) bond motifs is 1. The third-order valence-electron chi connectivity index (χ3n) is 14.1. The Morgan fingerprint density at radius 3 is 2.33 bits per heavy atom. The molecule has 0 radical (unpaired) electrons. The molecule has 2 aromatic carbocycles. The van der Waals surface area contributed by atoms with Crippen LogP contribution in [0.25, 0.3) is 0 Å². The van der Waals surface area contributed by atoms with Crippen molar-refractivity contribution in [1.82, 2.24) is 25.6 Å². The first-order valence-corrected chi connectivity index (χ1v) is 23.7. The molecule has 2 saturated carbocycles. The predicted octanol–water partition coefficient (Wildman–Crippen LogP) is 7.68. The number of ether oxygens (including phenoxy) is 3. The Bertz CT molecular complexity index is 2500. The van der Waals surface area contributed by atoms with Crippen LogP contribution in [0.2, 0.25) is 5.02 Å². The largest absolute Gasteiger partial charge is 0.495 e. The summed E-state index contributed by atoms with van der Waals surface area (Å²) in [6.07, 6.45) is 9.78. The maximum absolute atomic E-state index is 13.5. The van der Waals surface area contributed by atoms with Gasteiger partial charge in [-0.15, -0.1) is 0 Å². The van der Waals surface area contributed by atoms with Crippen LogP contribution in [0.4, 0.5) is 29.0 Å². The minimum Gasteiger partial charge on any atom is -0.495 e. The summed E-state index contributed by atoms with van der Waals surface area (Å²) in [5.74, 6) is 2.59. The van der Waals surface area contributed by atoms with E-state index in [2.05, 4.69) is 69.5 Å². The molecule has 2 aromatic heterocycles. The zero-order chi connectivity index (χ0) is 47.6. The standard InChI is InChI=1S/C50H61ClN10O6/c1-8-38-45(64)59(6)39-29-55-48(57-42(39)61(38)33-11-9-10-12-33)56-37-17-14-30(25-40(37)65-7)43(62)53-21-24-66-34-19-22-60(23-20-34)41-18-15-32(28-54-41)44(63)58-46-49(2,3)47(50(46,4)5)67-35-16-13-31(27-52)36(51)26-35/h13-18,25-26,28-29,33-34,38,46-47H,8-12,19-24H2,1-7H3,(H,53,62)(H,58,63)(H,55,56,57). The van der Waals surface area contributed by atoms with Crippen LogP contribution in [0, 0.1) is 22.2 Å². The van der Waals surface area contributed by atoms with Crippen LogP contribution in [-0.2, 0) is 9.53 Å². The first kappa shape index (κ1) is 47.3. The number of hydrogen-bond acceptors (Lipinski definition) is 13. The van der Waals surface area contributed by atoms with Gasteiger partial charge in [0.1, 0.15) is 41.2 Å². The molecule has 2 aliphatic heterocycles. The third kappa shape index (κ3) is 9.54. The number of likely N-dealkylation sites (N-methyl/N-ethyl adjacent to an activating group) is 1. The molecule has 3 fully saturated rings.